The van der Waals surface area contributed by atoms with E-state index in [1.807, 2.05) is 20.8 Å². The summed E-state index contributed by atoms with van der Waals surface area (Å²) in [5, 5.41) is 9.04. The van der Waals surface area contributed by atoms with Crippen LogP contribution in [0.3, 0.4) is 0 Å². The molecule has 0 amide bonds. The van der Waals surface area contributed by atoms with Crippen molar-refractivity contribution in [1.29, 1.82) is 0 Å². The molecule has 620 valence electrons. The molecule has 0 aliphatic carbocycles. The predicted molar refractivity (Wildman–Crippen MR) is 353 cm³/mol. The van der Waals surface area contributed by atoms with Gasteiger partial charge in [-0.25, -0.2) is 26.3 Å². The summed E-state index contributed by atoms with van der Waals surface area (Å²) in [5.41, 5.74) is -2.04. The lowest BCUT2D eigenvalue weighted by molar-refractivity contribution is -0.192. The number of alkyl halides is 13. The molecule has 0 bridgehead atoms. The average Bonchev–Trinajstić information content (AvgIpc) is 0.782. The monoisotopic (exact) mass is 1800 g/mol. The number of hydrogen-bond acceptors (Lipinski definition) is 6. The van der Waals surface area contributed by atoms with Crippen molar-refractivity contribution in [2.75, 3.05) is 0 Å². The number of allylic oxidation sites excluding steroid dienone is 1. The fourth-order valence-corrected chi connectivity index (χ4v) is 9.92. The van der Waals surface area contributed by atoms with Crippen LogP contribution in [0.4, 0.5) is 145 Å². The Morgan fingerprint density at radius 1 is 0.287 bits per heavy atom. The zero-order valence-electron chi connectivity index (χ0n) is 57.4. The number of ether oxygens (including phenoxy) is 5. The largest absolute Gasteiger partial charge is 0.505 e. The molecule has 6 nitrogen and oxygen atoms in total. The molecule has 0 atom stereocenters. The number of halogens is 34. The second-order valence-electron chi connectivity index (χ2n) is 23.2. The van der Waals surface area contributed by atoms with Crippen LogP contribution in [-0.2, 0) is 37.6 Å². The van der Waals surface area contributed by atoms with Crippen LogP contribution in [0.25, 0.3) is 33.4 Å². The van der Waals surface area contributed by atoms with Crippen molar-refractivity contribution in [1.82, 2.24) is 0 Å². The van der Waals surface area contributed by atoms with E-state index in [1.165, 1.54) is 24.3 Å². The van der Waals surface area contributed by atoms with E-state index in [0.717, 1.165) is 55.2 Å². The minimum absolute atomic E-state index is 0.0226. The van der Waals surface area contributed by atoms with Crippen LogP contribution in [0, 0.1) is 69.8 Å². The lowest BCUT2D eigenvalue weighted by Crippen LogP contribution is -2.27. The van der Waals surface area contributed by atoms with Crippen LogP contribution in [0.5, 0.6) is 34.5 Å². The predicted octanol–water partition coefficient (Wildman–Crippen LogP) is 27.9. The third-order valence-electron chi connectivity index (χ3n) is 15.0. The Morgan fingerprint density at radius 3 is 0.696 bits per heavy atom. The van der Waals surface area contributed by atoms with Gasteiger partial charge in [0.2, 0.25) is 40.7 Å². The van der Waals surface area contributed by atoms with E-state index in [-0.39, 0.29) is 74.7 Å². The van der Waals surface area contributed by atoms with Gasteiger partial charge in [0.15, 0.2) is 34.5 Å². The van der Waals surface area contributed by atoms with Gasteiger partial charge in [-0.3, -0.25) is 0 Å². The molecule has 0 unspecified atom stereocenters. The maximum atomic E-state index is 14.6. The fourth-order valence-electron chi connectivity index (χ4n) is 9.72. The number of aryl methyl sites for hydroxylation is 3. The van der Waals surface area contributed by atoms with Crippen LogP contribution < -0.4 is 23.7 Å². The van der Waals surface area contributed by atoms with Gasteiger partial charge in [0.25, 0.3) is 11.7 Å². The highest BCUT2D eigenvalue weighted by molar-refractivity contribution is 14.1. The SMILES string of the molecule is CCCc1ccc(-c2cc(F)c(C(F)(F)Oc3ccc(O)c(F)c3F)c(F)c2)cc1.CCCc1ccc(-c2cc(F)c(C(F)(F)Oc3ccc(OC(F)(F)C(F)=C(F)F)c(F)c3F)c(F)c2)cc1.CCCc1ccc(-c2cc(F)c(C(F)(F)Oc3ccc(OC(F)(F)C(F)=C(F)F)c(F)c3F)c(F)c2)cc1.FC(F)=C(F)C(F)(F)I. The summed E-state index contributed by atoms with van der Waals surface area (Å²) in [5.74, 6) is -43.1. The third-order valence-corrected chi connectivity index (χ3v) is 15.4. The molecule has 0 aliphatic heterocycles. The second kappa shape index (κ2) is 38.2. The van der Waals surface area contributed by atoms with Crippen LogP contribution in [-0.4, -0.2) is 21.3 Å². The molecule has 0 spiro atoms. The van der Waals surface area contributed by atoms with Crippen LogP contribution >= 0.6 is 22.6 Å². The first-order valence-corrected chi connectivity index (χ1v) is 32.9. The maximum absolute atomic E-state index is 14.6. The number of phenols is 1. The molecule has 0 radical (unpaired) electrons. The van der Waals surface area contributed by atoms with Gasteiger partial charge in [-0.2, -0.15) is 119 Å². The summed E-state index contributed by atoms with van der Waals surface area (Å²) in [4.78, 5) is 0. The highest BCUT2D eigenvalue weighted by Crippen LogP contribution is 2.46. The first kappa shape index (κ1) is 93.3. The van der Waals surface area contributed by atoms with Crippen molar-refractivity contribution in [2.45, 2.75) is 93.8 Å². The molecule has 9 rings (SSSR count). The lowest BCUT2D eigenvalue weighted by atomic mass is 10.00. The van der Waals surface area contributed by atoms with Gasteiger partial charge in [-0.1, -0.05) is 113 Å². The Morgan fingerprint density at radius 2 is 0.496 bits per heavy atom. The summed E-state index contributed by atoms with van der Waals surface area (Å²) in [6.07, 6.45) is -30.6. The van der Waals surface area contributed by atoms with E-state index in [2.05, 4.69) is 23.7 Å². The van der Waals surface area contributed by atoms with E-state index in [1.54, 1.807) is 48.5 Å². The first-order chi connectivity index (χ1) is 53.3. The fraction of sp³-hybridized carbons (Fsp3) is 0.200. The molecular weight excluding hydrogens is 1750 g/mol. The average molecular weight is 1800 g/mol. The van der Waals surface area contributed by atoms with Gasteiger partial charge >= 0.3 is 52.7 Å². The third kappa shape index (κ3) is 23.6. The number of hydrogen-bond donors (Lipinski definition) is 1. The van der Waals surface area contributed by atoms with Crippen molar-refractivity contribution >= 4 is 22.6 Å². The molecule has 1 N–H and O–H groups in total. The number of aromatic hydroxyl groups is 1. The Hall–Kier alpha value is -10.6. The minimum Gasteiger partial charge on any atom is -0.505 e. The number of benzene rings is 9. The molecule has 0 aromatic heterocycles. The highest BCUT2D eigenvalue weighted by Gasteiger charge is 2.48. The van der Waals surface area contributed by atoms with E-state index >= 15 is 0 Å². The van der Waals surface area contributed by atoms with Gasteiger partial charge in [-0.05, 0) is 142 Å². The summed E-state index contributed by atoms with van der Waals surface area (Å²) < 4.78 is 456. The molecule has 40 heteroatoms. The highest BCUT2D eigenvalue weighted by atomic mass is 127. The molecule has 0 saturated heterocycles. The number of rotatable bonds is 25. The van der Waals surface area contributed by atoms with E-state index in [0.29, 0.717) is 54.1 Å². The second-order valence-corrected chi connectivity index (χ2v) is 24.5. The first-order valence-electron chi connectivity index (χ1n) is 31.8. The summed E-state index contributed by atoms with van der Waals surface area (Å²) in [7, 11) is 0. The zero-order chi connectivity index (χ0) is 86.5. The molecule has 0 aliphatic rings. The van der Waals surface area contributed by atoms with Crippen molar-refractivity contribution in [3.8, 4) is 67.9 Å². The molecule has 9 aromatic carbocycles. The maximum Gasteiger partial charge on any atom is 0.459 e. The smallest absolute Gasteiger partial charge is 0.459 e. The molecule has 0 fully saturated rings. The van der Waals surface area contributed by atoms with Gasteiger partial charge < -0.3 is 28.8 Å². The molecular formula is C75H46F33IO6. The standard InChI is InChI=1S/2C25H15F11O2.C22H16F6O2.C3F5I/c2*1-2-3-12-4-6-13(7-5-12)14-10-15(26)19(16(27)11-14)24(33,34)37-17-8-9-18(21(29)20(17)28)38-25(35,36)22(30)23(31)32;1-2-3-12-4-6-13(7-5-12)14-10-15(23)19(16(24)11-14)22(27,28)30-18-9-8-17(29)20(25)21(18)26;4-1(2(5)6)3(7,8)9/h2*4-11H,2-3H2,1H3;4-11,29H,2-3H2,1H3;. The van der Waals surface area contributed by atoms with E-state index < -0.39 is 191 Å². The summed E-state index contributed by atoms with van der Waals surface area (Å²) in [6, 6.07) is 24.5. The van der Waals surface area contributed by atoms with E-state index in [4.69, 9.17) is 5.11 Å². The van der Waals surface area contributed by atoms with E-state index in [9.17, 15) is 145 Å². The number of phenolic OH excluding ortho intramolecular Hbond substituents is 1. The molecule has 0 heterocycles. The van der Waals surface area contributed by atoms with Crippen LogP contribution in [0.15, 0.2) is 181 Å². The zero-order valence-corrected chi connectivity index (χ0v) is 59.6. The summed E-state index contributed by atoms with van der Waals surface area (Å²) in [6.45, 7) is 5.88. The topological polar surface area (TPSA) is 66.4 Å². The normalized spacial score (nSPS) is 11.8. The molecule has 9 aromatic rings. The van der Waals surface area contributed by atoms with Crippen molar-refractivity contribution in [2.24, 2.45) is 0 Å². The van der Waals surface area contributed by atoms with Gasteiger partial charge in [0.1, 0.15) is 51.6 Å². The molecule has 0 saturated carbocycles. The van der Waals surface area contributed by atoms with Crippen molar-refractivity contribution in [3.63, 3.8) is 0 Å². The van der Waals surface area contributed by atoms with Crippen molar-refractivity contribution < 1.29 is 174 Å². The Bertz CT molecular complexity index is 4740. The lowest BCUT2D eigenvalue weighted by Gasteiger charge is -2.21. The summed E-state index contributed by atoms with van der Waals surface area (Å²) >= 11 is 0.272. The van der Waals surface area contributed by atoms with Gasteiger partial charge in [0, 0.05) is 22.6 Å². The Labute approximate surface area is 640 Å². The van der Waals surface area contributed by atoms with Crippen LogP contribution in [0.1, 0.15) is 73.4 Å². The Kier molecular flexibility index (Phi) is 31.0. The Balaban J connectivity index is 0.000000256. The van der Waals surface area contributed by atoms with Gasteiger partial charge in [-0.15, -0.1) is 0 Å². The van der Waals surface area contributed by atoms with Gasteiger partial charge in [0.05, 0.1) is 0 Å². The minimum atomic E-state index is -5.44. The molecule has 115 heavy (non-hydrogen) atoms. The van der Waals surface area contributed by atoms with Crippen LogP contribution in [0.2, 0.25) is 0 Å². The van der Waals surface area contributed by atoms with Crippen molar-refractivity contribution in [3.05, 3.63) is 285 Å². The quantitative estimate of drug-likeness (QED) is 0.0349.